The van der Waals surface area contributed by atoms with Crippen molar-refractivity contribution in [2.24, 2.45) is 17.8 Å². The Hall–Kier alpha value is -2.96. The molecule has 1 aromatic heterocycles. The lowest BCUT2D eigenvalue weighted by molar-refractivity contribution is -0.138. The smallest absolute Gasteiger partial charge is 0.307 e. The summed E-state index contributed by atoms with van der Waals surface area (Å²) < 4.78 is 0. The predicted octanol–water partition coefficient (Wildman–Crippen LogP) is 3.96. The number of hydrogen-bond donors (Lipinski definition) is 2. The first kappa shape index (κ1) is 22.7. The average molecular weight is 425 g/mol. The summed E-state index contributed by atoms with van der Waals surface area (Å²) in [7, 11) is 0. The highest BCUT2D eigenvalue weighted by molar-refractivity contribution is 5.96. The van der Waals surface area contributed by atoms with Crippen LogP contribution in [0.3, 0.4) is 0 Å². The van der Waals surface area contributed by atoms with E-state index in [1.54, 1.807) is 12.4 Å². The van der Waals surface area contributed by atoms with Crippen LogP contribution in [0.1, 0.15) is 51.2 Å². The number of amides is 1. The highest BCUT2D eigenvalue weighted by Gasteiger charge is 2.44. The molecule has 3 rings (SSSR count). The fraction of sp³-hybridized carbons (Fsp3) is 0.500. The van der Waals surface area contributed by atoms with Gasteiger partial charge in [-0.25, -0.2) is 9.97 Å². The van der Waals surface area contributed by atoms with Crippen LogP contribution in [-0.4, -0.2) is 40.0 Å². The molecular formula is C24H32N4O3. The fourth-order valence-corrected chi connectivity index (χ4v) is 3.95. The van der Waals surface area contributed by atoms with Crippen LogP contribution in [0.25, 0.3) is 0 Å². The van der Waals surface area contributed by atoms with Crippen LogP contribution in [0.4, 0.5) is 11.4 Å². The molecule has 1 fully saturated rings. The number of hydrogen-bond acceptors (Lipinski definition) is 5. The van der Waals surface area contributed by atoms with Crippen LogP contribution in [-0.2, 0) is 16.0 Å². The summed E-state index contributed by atoms with van der Waals surface area (Å²) in [6.45, 7) is 10.4. The number of carbonyl (C=O) groups excluding carboxylic acids is 1. The van der Waals surface area contributed by atoms with E-state index in [1.807, 2.05) is 18.2 Å². The minimum Gasteiger partial charge on any atom is -0.481 e. The van der Waals surface area contributed by atoms with E-state index in [1.165, 1.54) is 6.33 Å². The quantitative estimate of drug-likeness (QED) is 0.599. The fourth-order valence-electron chi connectivity index (χ4n) is 3.95. The molecule has 1 aliphatic rings. The summed E-state index contributed by atoms with van der Waals surface area (Å²) >= 11 is 0. The van der Waals surface area contributed by atoms with Crippen molar-refractivity contribution in [1.29, 1.82) is 0 Å². The molecule has 31 heavy (non-hydrogen) atoms. The number of aromatic nitrogens is 2. The topological polar surface area (TPSA) is 95.4 Å². The minimum atomic E-state index is -0.759. The molecule has 7 heteroatoms. The van der Waals surface area contributed by atoms with E-state index in [9.17, 15) is 14.7 Å². The molecule has 166 valence electrons. The summed E-state index contributed by atoms with van der Waals surface area (Å²) in [5.41, 5.74) is 3.41. The molecule has 1 unspecified atom stereocenters. The monoisotopic (exact) mass is 424 g/mol. The lowest BCUT2D eigenvalue weighted by atomic mass is 10.0. The third-order valence-corrected chi connectivity index (χ3v) is 5.32. The molecule has 2 atom stereocenters. The van der Waals surface area contributed by atoms with Crippen LogP contribution < -0.4 is 10.2 Å². The summed E-state index contributed by atoms with van der Waals surface area (Å²) in [6, 6.07) is 5.99. The molecule has 0 aliphatic heterocycles. The first-order chi connectivity index (χ1) is 14.7. The van der Waals surface area contributed by atoms with Crippen molar-refractivity contribution in [3.63, 3.8) is 0 Å². The van der Waals surface area contributed by atoms with Gasteiger partial charge >= 0.3 is 5.97 Å². The second kappa shape index (κ2) is 9.90. The summed E-state index contributed by atoms with van der Waals surface area (Å²) in [6.07, 6.45) is 5.53. The summed E-state index contributed by atoms with van der Waals surface area (Å²) in [5, 5.41) is 12.4. The van der Waals surface area contributed by atoms with Gasteiger partial charge in [-0.1, -0.05) is 33.8 Å². The number of carboxylic acid groups (broad SMARTS) is 1. The van der Waals surface area contributed by atoms with Gasteiger partial charge in [-0.2, -0.15) is 0 Å². The third-order valence-electron chi connectivity index (χ3n) is 5.32. The Kier molecular flexibility index (Phi) is 7.25. The van der Waals surface area contributed by atoms with Gasteiger partial charge in [0, 0.05) is 25.5 Å². The van der Waals surface area contributed by atoms with E-state index in [2.05, 4.69) is 47.9 Å². The van der Waals surface area contributed by atoms with Gasteiger partial charge in [-0.15, -0.1) is 0 Å². The Balaban J connectivity index is 1.89. The van der Waals surface area contributed by atoms with Crippen molar-refractivity contribution in [1.82, 2.24) is 9.97 Å². The first-order valence-corrected chi connectivity index (χ1v) is 10.9. The molecule has 0 bridgehead atoms. The molecule has 2 aromatic rings. The number of nitrogens with zero attached hydrogens (tertiary/aromatic N) is 3. The van der Waals surface area contributed by atoms with Crippen molar-refractivity contribution in [2.75, 3.05) is 23.3 Å². The second-order valence-electron chi connectivity index (χ2n) is 9.23. The Morgan fingerprint density at radius 2 is 1.77 bits per heavy atom. The largest absolute Gasteiger partial charge is 0.481 e. The lowest BCUT2D eigenvalue weighted by Gasteiger charge is -2.30. The van der Waals surface area contributed by atoms with E-state index in [0.29, 0.717) is 18.3 Å². The van der Waals surface area contributed by atoms with Crippen molar-refractivity contribution in [3.8, 4) is 0 Å². The summed E-state index contributed by atoms with van der Waals surface area (Å²) in [4.78, 5) is 34.4. The minimum absolute atomic E-state index is 0.00775. The first-order valence-electron chi connectivity index (χ1n) is 10.9. The molecule has 1 aliphatic carbocycles. The Morgan fingerprint density at radius 1 is 1.13 bits per heavy atom. The van der Waals surface area contributed by atoms with Crippen LogP contribution in [0.15, 0.2) is 36.9 Å². The number of aliphatic carboxylic acids is 1. The van der Waals surface area contributed by atoms with Gasteiger partial charge in [0.15, 0.2) is 0 Å². The SMILES string of the molecule is CC(C)CN(CC(C)C)c1ccc(C2C[C@H]2C(=O)O)cc1NC(=O)Cc1cncnc1. The van der Waals surface area contributed by atoms with Crippen LogP contribution in [0, 0.1) is 17.8 Å². The van der Waals surface area contributed by atoms with Gasteiger partial charge < -0.3 is 15.3 Å². The third kappa shape index (κ3) is 6.26. The van der Waals surface area contributed by atoms with Gasteiger partial charge in [0.2, 0.25) is 5.91 Å². The van der Waals surface area contributed by atoms with E-state index >= 15 is 0 Å². The predicted molar refractivity (Wildman–Crippen MR) is 121 cm³/mol. The molecule has 1 aromatic carbocycles. The van der Waals surface area contributed by atoms with E-state index < -0.39 is 5.97 Å². The van der Waals surface area contributed by atoms with E-state index in [0.717, 1.165) is 35.6 Å². The number of carbonyl (C=O) groups is 2. The molecule has 1 saturated carbocycles. The van der Waals surface area contributed by atoms with Crippen molar-refractivity contribution in [3.05, 3.63) is 48.0 Å². The maximum atomic E-state index is 12.8. The highest BCUT2D eigenvalue weighted by atomic mass is 16.4. The maximum absolute atomic E-state index is 12.8. The highest BCUT2D eigenvalue weighted by Crippen LogP contribution is 2.49. The van der Waals surface area contributed by atoms with Gasteiger partial charge in [0.1, 0.15) is 6.33 Å². The average Bonchev–Trinajstić information content (AvgIpc) is 3.48. The Bertz CT molecular complexity index is 904. The molecule has 1 amide bonds. The number of rotatable bonds is 10. The normalized spacial score (nSPS) is 17.6. The maximum Gasteiger partial charge on any atom is 0.307 e. The standard InChI is InChI=1S/C24H32N4O3/c1-15(2)12-28(13-16(3)4)22-6-5-18(19-9-20(19)24(30)31)8-21(22)27-23(29)7-17-10-25-14-26-11-17/h5-6,8,10-11,14-16,19-20H,7,9,12-13H2,1-4H3,(H,27,29)(H,30,31)/t19?,20-/m1/s1. The number of anilines is 2. The summed E-state index contributed by atoms with van der Waals surface area (Å²) in [5.74, 6) is -0.309. The molecule has 0 radical (unpaired) electrons. The van der Waals surface area contributed by atoms with E-state index in [-0.39, 0.29) is 24.2 Å². The lowest BCUT2D eigenvalue weighted by Crippen LogP contribution is -2.32. The molecule has 7 nitrogen and oxygen atoms in total. The Labute approximate surface area is 183 Å². The van der Waals surface area contributed by atoms with Crippen molar-refractivity contribution >= 4 is 23.3 Å². The van der Waals surface area contributed by atoms with Gasteiger partial charge in [0.05, 0.1) is 23.7 Å². The zero-order valence-electron chi connectivity index (χ0n) is 18.7. The van der Waals surface area contributed by atoms with Crippen LogP contribution in [0.5, 0.6) is 0 Å². The zero-order valence-corrected chi connectivity index (χ0v) is 18.7. The van der Waals surface area contributed by atoms with Gasteiger partial charge in [-0.05, 0) is 47.4 Å². The van der Waals surface area contributed by atoms with Crippen molar-refractivity contribution in [2.45, 2.75) is 46.5 Å². The van der Waals surface area contributed by atoms with Gasteiger partial charge in [-0.3, -0.25) is 9.59 Å². The zero-order chi connectivity index (χ0) is 22.5. The van der Waals surface area contributed by atoms with E-state index in [4.69, 9.17) is 0 Å². The second-order valence-corrected chi connectivity index (χ2v) is 9.23. The molecule has 1 heterocycles. The number of benzene rings is 1. The molecule has 0 saturated heterocycles. The molecular weight excluding hydrogens is 392 g/mol. The van der Waals surface area contributed by atoms with Crippen LogP contribution in [0.2, 0.25) is 0 Å². The number of nitrogens with one attached hydrogen (secondary N) is 1. The number of carboxylic acids is 1. The van der Waals surface area contributed by atoms with Crippen LogP contribution >= 0.6 is 0 Å². The Morgan fingerprint density at radius 3 is 2.32 bits per heavy atom. The van der Waals surface area contributed by atoms with Crippen molar-refractivity contribution < 1.29 is 14.7 Å². The van der Waals surface area contributed by atoms with Gasteiger partial charge in [0.25, 0.3) is 0 Å². The molecule has 2 N–H and O–H groups in total. The molecule has 0 spiro atoms.